The van der Waals surface area contributed by atoms with Crippen molar-refractivity contribution < 1.29 is 27.8 Å². The van der Waals surface area contributed by atoms with Crippen LogP contribution in [0.2, 0.25) is 0 Å². The number of allylic oxidation sites excluding steroid dienone is 1. The zero-order valence-electron chi connectivity index (χ0n) is 19.2. The fraction of sp³-hybridized carbons (Fsp3) is 0.240. The number of para-hydroxylation sites is 1. The van der Waals surface area contributed by atoms with Gasteiger partial charge < -0.3 is 14.2 Å². The maximum absolute atomic E-state index is 13.6. The number of hydrogen-bond acceptors (Lipinski definition) is 7. The zero-order valence-corrected chi connectivity index (χ0v) is 20.0. The predicted octanol–water partition coefficient (Wildman–Crippen LogP) is 3.41. The van der Waals surface area contributed by atoms with E-state index in [0.717, 1.165) is 11.3 Å². The van der Waals surface area contributed by atoms with Crippen molar-refractivity contribution in [1.29, 1.82) is 0 Å². The van der Waals surface area contributed by atoms with Crippen molar-refractivity contribution in [3.63, 3.8) is 0 Å². The van der Waals surface area contributed by atoms with E-state index in [-0.39, 0.29) is 23.5 Å². The van der Waals surface area contributed by atoms with E-state index in [4.69, 9.17) is 9.47 Å². The van der Waals surface area contributed by atoms with Gasteiger partial charge in [0.25, 0.3) is 5.56 Å². The number of methoxy groups -OCH3 is 1. The summed E-state index contributed by atoms with van der Waals surface area (Å²) in [5, 5.41) is 0. The lowest BCUT2D eigenvalue weighted by molar-refractivity contribution is -0.139. The van der Waals surface area contributed by atoms with Gasteiger partial charge in [-0.25, -0.2) is 9.79 Å². The third kappa shape index (κ3) is 4.88. The van der Waals surface area contributed by atoms with E-state index < -0.39 is 18.6 Å². The Bertz CT molecular complexity index is 1460. The molecule has 182 valence electrons. The molecule has 0 amide bonds. The standard InChI is InChI=1S/C25H22F2N2O5S/c1-4-33-23(31)20-14(2)28-25-29(21(20)17-7-5-6-8-18(17)32-3)22(30)19(35-25)13-15-9-11-16(12-10-15)34-24(26)27/h5-13,21,24H,4H2,1-3H3/b19-13+/t21-/m1/s1. The van der Waals surface area contributed by atoms with Gasteiger partial charge in [-0.1, -0.05) is 41.7 Å². The van der Waals surface area contributed by atoms with Crippen LogP contribution in [0.5, 0.6) is 11.5 Å². The Balaban J connectivity index is 1.89. The van der Waals surface area contributed by atoms with Gasteiger partial charge in [0.2, 0.25) is 0 Å². The number of carbonyl (C=O) groups is 1. The smallest absolute Gasteiger partial charge is 0.387 e. The largest absolute Gasteiger partial charge is 0.496 e. The highest BCUT2D eigenvalue weighted by molar-refractivity contribution is 7.07. The van der Waals surface area contributed by atoms with Gasteiger partial charge in [-0.2, -0.15) is 8.78 Å². The van der Waals surface area contributed by atoms with Crippen LogP contribution >= 0.6 is 11.3 Å². The number of alkyl halides is 2. The first-order chi connectivity index (χ1) is 16.8. The van der Waals surface area contributed by atoms with E-state index in [1.54, 1.807) is 56.3 Å². The van der Waals surface area contributed by atoms with Gasteiger partial charge in [-0.15, -0.1) is 0 Å². The molecule has 2 aromatic carbocycles. The summed E-state index contributed by atoms with van der Waals surface area (Å²) in [6.07, 6.45) is 1.64. The monoisotopic (exact) mass is 500 g/mol. The SMILES string of the molecule is CCOC(=O)C1=C(C)N=c2s/c(=C/c3ccc(OC(F)F)cc3)c(=O)n2[C@@H]1c1ccccc1OC. The van der Waals surface area contributed by atoms with Crippen molar-refractivity contribution in [2.24, 2.45) is 4.99 Å². The first-order valence-corrected chi connectivity index (χ1v) is 11.5. The lowest BCUT2D eigenvalue weighted by Crippen LogP contribution is -2.40. The minimum absolute atomic E-state index is 0.0180. The molecule has 0 saturated carbocycles. The third-order valence-electron chi connectivity index (χ3n) is 5.35. The second kappa shape index (κ2) is 10.2. The van der Waals surface area contributed by atoms with E-state index in [0.29, 0.717) is 31.9 Å². The lowest BCUT2D eigenvalue weighted by atomic mass is 9.95. The van der Waals surface area contributed by atoms with Gasteiger partial charge in [-0.05, 0) is 43.7 Å². The van der Waals surface area contributed by atoms with E-state index >= 15 is 0 Å². The van der Waals surface area contributed by atoms with Crippen LogP contribution in [0.4, 0.5) is 8.78 Å². The molecule has 1 atom stereocenters. The van der Waals surface area contributed by atoms with Crippen molar-refractivity contribution >= 4 is 23.4 Å². The quantitative estimate of drug-likeness (QED) is 0.465. The third-order valence-corrected chi connectivity index (χ3v) is 6.34. The molecule has 0 radical (unpaired) electrons. The number of carbonyl (C=O) groups excluding carboxylic acids is 1. The molecule has 0 N–H and O–H groups in total. The van der Waals surface area contributed by atoms with Gasteiger partial charge >= 0.3 is 12.6 Å². The number of aromatic nitrogens is 1. The summed E-state index contributed by atoms with van der Waals surface area (Å²) >= 11 is 1.16. The highest BCUT2D eigenvalue weighted by Crippen LogP contribution is 2.35. The summed E-state index contributed by atoms with van der Waals surface area (Å²) in [6.45, 7) is 0.660. The summed E-state index contributed by atoms with van der Waals surface area (Å²) in [5.74, 6) is -0.0313. The summed E-state index contributed by atoms with van der Waals surface area (Å²) in [6, 6.07) is 12.3. The summed E-state index contributed by atoms with van der Waals surface area (Å²) in [7, 11) is 1.52. The fourth-order valence-corrected chi connectivity index (χ4v) is 4.92. The normalized spacial score (nSPS) is 15.6. The number of benzene rings is 2. The molecule has 3 aromatic rings. The topological polar surface area (TPSA) is 79.1 Å². The van der Waals surface area contributed by atoms with Crippen LogP contribution in [0, 0.1) is 0 Å². The molecular formula is C25H22F2N2O5S. The zero-order chi connectivity index (χ0) is 25.1. The maximum atomic E-state index is 13.6. The van der Waals surface area contributed by atoms with Crippen molar-refractivity contribution in [3.8, 4) is 11.5 Å². The number of rotatable bonds is 7. The van der Waals surface area contributed by atoms with Gasteiger partial charge in [0.05, 0.1) is 29.5 Å². The molecule has 7 nitrogen and oxygen atoms in total. The molecule has 1 aromatic heterocycles. The number of halogens is 2. The van der Waals surface area contributed by atoms with E-state index in [1.165, 1.54) is 23.8 Å². The van der Waals surface area contributed by atoms with E-state index in [1.807, 2.05) is 0 Å². The van der Waals surface area contributed by atoms with Crippen molar-refractivity contribution in [1.82, 2.24) is 4.57 Å². The van der Waals surface area contributed by atoms with Gasteiger partial charge in [0.1, 0.15) is 17.5 Å². The predicted molar refractivity (Wildman–Crippen MR) is 126 cm³/mol. The molecule has 0 saturated heterocycles. The Hall–Kier alpha value is -3.79. The van der Waals surface area contributed by atoms with Crippen LogP contribution in [0.3, 0.4) is 0 Å². The Morgan fingerprint density at radius 1 is 1.20 bits per heavy atom. The molecule has 0 fully saturated rings. The molecule has 0 aliphatic carbocycles. The Kier molecular flexibility index (Phi) is 7.11. The highest BCUT2D eigenvalue weighted by Gasteiger charge is 2.34. The van der Waals surface area contributed by atoms with Gasteiger partial charge in [0, 0.05) is 5.56 Å². The molecule has 0 unspecified atom stereocenters. The molecule has 2 heterocycles. The number of ether oxygens (including phenoxy) is 3. The van der Waals surface area contributed by atoms with Crippen molar-refractivity contribution in [2.45, 2.75) is 26.5 Å². The number of esters is 1. The number of thiazole rings is 1. The second-order valence-electron chi connectivity index (χ2n) is 7.49. The van der Waals surface area contributed by atoms with Crippen LogP contribution in [-0.2, 0) is 9.53 Å². The minimum atomic E-state index is -2.92. The van der Waals surface area contributed by atoms with Crippen LogP contribution in [0.25, 0.3) is 6.08 Å². The van der Waals surface area contributed by atoms with Crippen molar-refractivity contribution in [2.75, 3.05) is 13.7 Å². The molecule has 0 spiro atoms. The molecule has 1 aliphatic rings. The van der Waals surface area contributed by atoms with Crippen LogP contribution < -0.4 is 24.4 Å². The number of fused-ring (bicyclic) bond motifs is 1. The van der Waals surface area contributed by atoms with Crippen LogP contribution in [0.1, 0.15) is 31.0 Å². The Morgan fingerprint density at radius 2 is 1.91 bits per heavy atom. The molecule has 1 aliphatic heterocycles. The summed E-state index contributed by atoms with van der Waals surface area (Å²) < 4.78 is 41.9. The summed E-state index contributed by atoms with van der Waals surface area (Å²) in [5.41, 5.74) is 1.58. The second-order valence-corrected chi connectivity index (χ2v) is 8.50. The number of nitrogens with zero attached hydrogens (tertiary/aromatic N) is 2. The Labute approximate surface area is 203 Å². The average molecular weight is 501 g/mol. The minimum Gasteiger partial charge on any atom is -0.496 e. The first-order valence-electron chi connectivity index (χ1n) is 10.7. The molecule has 35 heavy (non-hydrogen) atoms. The first kappa shape index (κ1) is 24.3. The van der Waals surface area contributed by atoms with Crippen LogP contribution in [-0.4, -0.2) is 30.9 Å². The van der Waals surface area contributed by atoms with Gasteiger partial charge in [-0.3, -0.25) is 9.36 Å². The maximum Gasteiger partial charge on any atom is 0.387 e. The van der Waals surface area contributed by atoms with Crippen LogP contribution in [0.15, 0.2) is 69.6 Å². The molecule has 0 bridgehead atoms. The van der Waals surface area contributed by atoms with Gasteiger partial charge in [0.15, 0.2) is 4.80 Å². The van der Waals surface area contributed by atoms with E-state index in [9.17, 15) is 18.4 Å². The molecular weight excluding hydrogens is 478 g/mol. The Morgan fingerprint density at radius 3 is 2.57 bits per heavy atom. The summed E-state index contributed by atoms with van der Waals surface area (Å²) in [4.78, 5) is 31.5. The van der Waals surface area contributed by atoms with E-state index in [2.05, 4.69) is 9.73 Å². The van der Waals surface area contributed by atoms with Crippen molar-refractivity contribution in [3.05, 3.63) is 90.6 Å². The lowest BCUT2D eigenvalue weighted by Gasteiger charge is -2.25. The molecule has 4 rings (SSSR count). The highest BCUT2D eigenvalue weighted by atomic mass is 32.1. The fourth-order valence-electron chi connectivity index (χ4n) is 3.87. The molecule has 10 heteroatoms. The number of hydrogen-bond donors (Lipinski definition) is 0. The average Bonchev–Trinajstić information content (AvgIpc) is 3.13.